The van der Waals surface area contributed by atoms with Gasteiger partial charge < -0.3 is 4.74 Å². The molecule has 0 unspecified atom stereocenters. The Morgan fingerprint density at radius 3 is 2.53 bits per heavy atom. The number of benzene rings is 2. The van der Waals surface area contributed by atoms with E-state index in [0.29, 0.717) is 12.2 Å². The van der Waals surface area contributed by atoms with E-state index in [0.717, 1.165) is 11.1 Å². The molecule has 0 aliphatic rings. The standard InChI is InChI=1S/C15H15NO3/c1-12-7-8-14(15(9-12)16(17)18)11-19-10-13-5-3-2-4-6-13/h2-9H,10-11H2,1H3. The van der Waals surface area contributed by atoms with E-state index >= 15 is 0 Å². The van der Waals surface area contributed by atoms with Crippen LogP contribution < -0.4 is 0 Å². The molecule has 4 nitrogen and oxygen atoms in total. The Balaban J connectivity index is 2.02. The fourth-order valence-corrected chi connectivity index (χ4v) is 1.82. The molecule has 2 rings (SSSR count). The van der Waals surface area contributed by atoms with Crippen molar-refractivity contribution >= 4 is 5.69 Å². The van der Waals surface area contributed by atoms with Crippen molar-refractivity contribution < 1.29 is 9.66 Å². The molecule has 0 aliphatic heterocycles. The van der Waals surface area contributed by atoms with Gasteiger partial charge in [0.25, 0.3) is 5.69 Å². The zero-order valence-electron chi connectivity index (χ0n) is 10.7. The molecule has 19 heavy (non-hydrogen) atoms. The minimum absolute atomic E-state index is 0.119. The zero-order valence-corrected chi connectivity index (χ0v) is 10.7. The van der Waals surface area contributed by atoms with Gasteiger partial charge in [0.1, 0.15) is 0 Å². The van der Waals surface area contributed by atoms with E-state index in [1.807, 2.05) is 43.3 Å². The number of hydrogen-bond acceptors (Lipinski definition) is 3. The van der Waals surface area contributed by atoms with Crippen LogP contribution in [0.2, 0.25) is 0 Å². The summed E-state index contributed by atoms with van der Waals surface area (Å²) in [5.41, 5.74) is 2.65. The third-order valence-corrected chi connectivity index (χ3v) is 2.81. The van der Waals surface area contributed by atoms with E-state index in [2.05, 4.69) is 0 Å². The fraction of sp³-hybridized carbons (Fsp3) is 0.200. The van der Waals surface area contributed by atoms with Crippen LogP contribution in [0.3, 0.4) is 0 Å². The van der Waals surface area contributed by atoms with E-state index in [4.69, 9.17) is 4.74 Å². The van der Waals surface area contributed by atoms with Gasteiger partial charge in [-0.2, -0.15) is 0 Å². The second-order valence-electron chi connectivity index (χ2n) is 4.37. The first-order valence-corrected chi connectivity index (χ1v) is 6.02. The van der Waals surface area contributed by atoms with Gasteiger partial charge in [0.2, 0.25) is 0 Å². The van der Waals surface area contributed by atoms with Gasteiger partial charge in [-0.05, 0) is 24.1 Å². The summed E-state index contributed by atoms with van der Waals surface area (Å²) in [5, 5.41) is 11.0. The lowest BCUT2D eigenvalue weighted by Crippen LogP contribution is -1.99. The summed E-state index contributed by atoms with van der Waals surface area (Å²) < 4.78 is 5.53. The lowest BCUT2D eigenvalue weighted by Gasteiger charge is -2.06. The maximum absolute atomic E-state index is 11.0. The van der Waals surface area contributed by atoms with Crippen molar-refractivity contribution in [2.24, 2.45) is 0 Å². The highest BCUT2D eigenvalue weighted by molar-refractivity contribution is 5.42. The molecule has 0 radical (unpaired) electrons. The summed E-state index contributed by atoms with van der Waals surface area (Å²) >= 11 is 0. The average Bonchev–Trinajstić information content (AvgIpc) is 2.41. The molecule has 0 heterocycles. The van der Waals surface area contributed by atoms with Crippen LogP contribution in [0.4, 0.5) is 5.69 Å². The molecule has 98 valence electrons. The predicted octanol–water partition coefficient (Wildman–Crippen LogP) is 3.62. The van der Waals surface area contributed by atoms with Crippen molar-refractivity contribution in [3.05, 3.63) is 75.3 Å². The van der Waals surface area contributed by atoms with E-state index in [1.54, 1.807) is 12.1 Å². The van der Waals surface area contributed by atoms with Crippen molar-refractivity contribution in [2.75, 3.05) is 0 Å². The summed E-state index contributed by atoms with van der Waals surface area (Å²) in [6.07, 6.45) is 0. The van der Waals surface area contributed by atoms with Gasteiger partial charge in [-0.3, -0.25) is 10.1 Å². The average molecular weight is 257 g/mol. The van der Waals surface area contributed by atoms with Crippen molar-refractivity contribution in [1.82, 2.24) is 0 Å². The molecule has 0 aromatic heterocycles. The number of hydrogen-bond donors (Lipinski definition) is 0. The number of ether oxygens (including phenoxy) is 1. The molecule has 4 heteroatoms. The van der Waals surface area contributed by atoms with Gasteiger partial charge in [0, 0.05) is 6.07 Å². The van der Waals surface area contributed by atoms with Gasteiger partial charge in [-0.25, -0.2) is 0 Å². The van der Waals surface area contributed by atoms with Crippen LogP contribution in [0.25, 0.3) is 0 Å². The molecule has 0 saturated carbocycles. The van der Waals surface area contributed by atoms with Gasteiger partial charge in [-0.1, -0.05) is 36.4 Å². The van der Waals surface area contributed by atoms with Crippen molar-refractivity contribution in [2.45, 2.75) is 20.1 Å². The van der Waals surface area contributed by atoms with E-state index in [-0.39, 0.29) is 17.2 Å². The van der Waals surface area contributed by atoms with E-state index in [1.165, 1.54) is 0 Å². The summed E-state index contributed by atoms with van der Waals surface area (Å²) in [5.74, 6) is 0. The van der Waals surface area contributed by atoms with Crippen LogP contribution in [0, 0.1) is 17.0 Å². The molecule has 0 amide bonds. The molecule has 0 N–H and O–H groups in total. The van der Waals surface area contributed by atoms with Crippen LogP contribution in [-0.4, -0.2) is 4.92 Å². The summed E-state index contributed by atoms with van der Waals surface area (Å²) in [6.45, 7) is 2.53. The Bertz CT molecular complexity index is 567. The quantitative estimate of drug-likeness (QED) is 0.607. The first kappa shape index (κ1) is 13.2. The molecule has 0 atom stereocenters. The molecule has 0 saturated heterocycles. The monoisotopic (exact) mass is 257 g/mol. The van der Waals surface area contributed by atoms with Gasteiger partial charge in [-0.15, -0.1) is 0 Å². The van der Waals surface area contributed by atoms with Gasteiger partial charge >= 0.3 is 0 Å². The Labute approximate surface area is 111 Å². The Kier molecular flexibility index (Phi) is 4.26. The Morgan fingerprint density at radius 1 is 1.11 bits per heavy atom. The van der Waals surface area contributed by atoms with Gasteiger partial charge in [0.15, 0.2) is 0 Å². The smallest absolute Gasteiger partial charge is 0.275 e. The molecular weight excluding hydrogens is 242 g/mol. The SMILES string of the molecule is Cc1ccc(COCc2ccccc2)c([N+](=O)[O-])c1. The molecular formula is C15H15NO3. The predicted molar refractivity (Wildman–Crippen MR) is 72.8 cm³/mol. The number of rotatable bonds is 5. The lowest BCUT2D eigenvalue weighted by molar-refractivity contribution is -0.386. The van der Waals surface area contributed by atoms with Crippen LogP contribution >= 0.6 is 0 Å². The molecule has 0 aliphatic carbocycles. The minimum atomic E-state index is -0.367. The van der Waals surface area contributed by atoms with E-state index < -0.39 is 0 Å². The second-order valence-corrected chi connectivity index (χ2v) is 4.37. The zero-order chi connectivity index (χ0) is 13.7. The highest BCUT2D eigenvalue weighted by Crippen LogP contribution is 2.21. The Hall–Kier alpha value is -2.20. The third-order valence-electron chi connectivity index (χ3n) is 2.81. The van der Waals surface area contributed by atoms with Crippen molar-refractivity contribution in [3.8, 4) is 0 Å². The van der Waals surface area contributed by atoms with Crippen LogP contribution in [-0.2, 0) is 18.0 Å². The van der Waals surface area contributed by atoms with Crippen LogP contribution in [0.5, 0.6) is 0 Å². The van der Waals surface area contributed by atoms with Gasteiger partial charge in [0.05, 0.1) is 23.7 Å². The molecule has 2 aromatic rings. The maximum Gasteiger partial charge on any atom is 0.275 e. The van der Waals surface area contributed by atoms with Crippen LogP contribution in [0.15, 0.2) is 48.5 Å². The molecule has 0 fully saturated rings. The molecule has 0 bridgehead atoms. The second kappa shape index (κ2) is 6.11. The minimum Gasteiger partial charge on any atom is -0.372 e. The lowest BCUT2D eigenvalue weighted by atomic mass is 10.1. The first-order valence-electron chi connectivity index (χ1n) is 6.02. The fourth-order valence-electron chi connectivity index (χ4n) is 1.82. The number of nitrogens with zero attached hydrogens (tertiary/aromatic N) is 1. The summed E-state index contributed by atoms with van der Waals surface area (Å²) in [6, 6.07) is 14.9. The number of aryl methyl sites for hydroxylation is 1. The number of nitro benzene ring substituents is 1. The Morgan fingerprint density at radius 2 is 1.84 bits per heavy atom. The van der Waals surface area contributed by atoms with Crippen molar-refractivity contribution in [1.29, 1.82) is 0 Å². The molecule has 2 aromatic carbocycles. The van der Waals surface area contributed by atoms with Crippen molar-refractivity contribution in [3.63, 3.8) is 0 Å². The summed E-state index contributed by atoms with van der Waals surface area (Å²) in [7, 11) is 0. The highest BCUT2D eigenvalue weighted by Gasteiger charge is 2.13. The summed E-state index contributed by atoms with van der Waals surface area (Å²) in [4.78, 5) is 10.6. The van der Waals surface area contributed by atoms with E-state index in [9.17, 15) is 10.1 Å². The van der Waals surface area contributed by atoms with Crippen LogP contribution in [0.1, 0.15) is 16.7 Å². The maximum atomic E-state index is 11.0. The highest BCUT2D eigenvalue weighted by atomic mass is 16.6. The topological polar surface area (TPSA) is 52.4 Å². The number of nitro groups is 1. The largest absolute Gasteiger partial charge is 0.372 e. The normalized spacial score (nSPS) is 10.4. The first-order chi connectivity index (χ1) is 9.16. The third kappa shape index (κ3) is 3.63. The molecule has 0 spiro atoms.